The van der Waals surface area contributed by atoms with Crippen LogP contribution in [0.2, 0.25) is 0 Å². The first-order valence-corrected chi connectivity index (χ1v) is 13.1. The van der Waals surface area contributed by atoms with E-state index in [0.29, 0.717) is 24.3 Å². The Bertz CT molecular complexity index is 1020. The number of aliphatic carboxylic acids is 1. The van der Waals surface area contributed by atoms with Crippen LogP contribution in [0.25, 0.3) is 11.1 Å². The number of hydrogen-bond donors (Lipinski definition) is 2. The van der Waals surface area contributed by atoms with Crippen LogP contribution in [0.1, 0.15) is 81.3 Å². The minimum Gasteiger partial charge on any atom is -0.481 e. The van der Waals surface area contributed by atoms with Gasteiger partial charge in [0.1, 0.15) is 0 Å². The molecule has 5 nitrogen and oxygen atoms in total. The molecule has 1 aliphatic heterocycles. The van der Waals surface area contributed by atoms with Crippen LogP contribution in [0.15, 0.2) is 42.5 Å². The Kier molecular flexibility index (Phi) is 6.89. The number of rotatable bonds is 5. The van der Waals surface area contributed by atoms with Crippen molar-refractivity contribution in [1.82, 2.24) is 5.32 Å². The summed E-state index contributed by atoms with van der Waals surface area (Å²) in [5.41, 5.74) is 6.06. The Morgan fingerprint density at radius 2 is 1.59 bits per heavy atom. The molecule has 3 aliphatic rings. The molecule has 5 rings (SSSR count). The zero-order chi connectivity index (χ0) is 23.5. The summed E-state index contributed by atoms with van der Waals surface area (Å²) in [5, 5.41) is 12.3. The van der Waals surface area contributed by atoms with E-state index in [1.165, 1.54) is 41.5 Å². The highest BCUT2D eigenvalue weighted by Crippen LogP contribution is 2.38. The van der Waals surface area contributed by atoms with Gasteiger partial charge in [-0.15, -0.1) is 0 Å². The van der Waals surface area contributed by atoms with Gasteiger partial charge in [0.05, 0.1) is 0 Å². The van der Waals surface area contributed by atoms with Gasteiger partial charge in [0.2, 0.25) is 0 Å². The van der Waals surface area contributed by atoms with Crippen LogP contribution in [-0.4, -0.2) is 29.7 Å². The lowest BCUT2D eigenvalue weighted by Gasteiger charge is -2.28. The molecule has 2 fully saturated rings. The van der Waals surface area contributed by atoms with Crippen LogP contribution in [0, 0.1) is 5.92 Å². The topological polar surface area (TPSA) is 69.6 Å². The van der Waals surface area contributed by atoms with Crippen molar-refractivity contribution in [3.8, 4) is 11.1 Å². The van der Waals surface area contributed by atoms with E-state index in [9.17, 15) is 9.59 Å². The molecule has 0 atom stereocenters. The molecule has 0 bridgehead atoms. The molecule has 2 aromatic carbocycles. The number of nitrogens with zero attached hydrogens (tertiary/aromatic N) is 1. The number of urea groups is 1. The van der Waals surface area contributed by atoms with E-state index >= 15 is 0 Å². The summed E-state index contributed by atoms with van der Waals surface area (Å²) in [4.78, 5) is 25.8. The lowest BCUT2D eigenvalue weighted by atomic mass is 9.77. The van der Waals surface area contributed by atoms with E-state index in [4.69, 9.17) is 5.11 Å². The van der Waals surface area contributed by atoms with Crippen LogP contribution in [0.3, 0.4) is 0 Å². The molecule has 5 heteroatoms. The first kappa shape index (κ1) is 22.9. The Labute approximate surface area is 202 Å². The highest BCUT2D eigenvalue weighted by Gasteiger charge is 2.27. The average Bonchev–Trinajstić information content (AvgIpc) is 3.28. The van der Waals surface area contributed by atoms with Crippen molar-refractivity contribution in [3.63, 3.8) is 0 Å². The van der Waals surface area contributed by atoms with Crippen molar-refractivity contribution in [2.24, 2.45) is 5.92 Å². The number of carboxylic acids is 1. The van der Waals surface area contributed by atoms with Gasteiger partial charge in [0, 0.05) is 24.7 Å². The molecule has 2 amide bonds. The number of carboxylic acid groups (broad SMARTS) is 1. The largest absolute Gasteiger partial charge is 0.481 e. The van der Waals surface area contributed by atoms with Crippen LogP contribution in [0.5, 0.6) is 0 Å². The highest BCUT2D eigenvalue weighted by molar-refractivity contribution is 5.95. The molecule has 2 aliphatic carbocycles. The van der Waals surface area contributed by atoms with Gasteiger partial charge in [-0.05, 0) is 91.2 Å². The van der Waals surface area contributed by atoms with Gasteiger partial charge in [0.25, 0.3) is 0 Å². The van der Waals surface area contributed by atoms with Gasteiger partial charge in [-0.2, -0.15) is 0 Å². The van der Waals surface area contributed by atoms with Gasteiger partial charge < -0.3 is 10.4 Å². The molecule has 180 valence electrons. The maximum Gasteiger partial charge on any atom is 0.322 e. The predicted octanol–water partition coefficient (Wildman–Crippen LogP) is 6.51. The van der Waals surface area contributed by atoms with Crippen molar-refractivity contribution >= 4 is 17.7 Å². The van der Waals surface area contributed by atoms with Gasteiger partial charge in [-0.3, -0.25) is 9.69 Å². The average molecular weight is 461 g/mol. The fourth-order valence-electron chi connectivity index (χ4n) is 6.19. The standard InChI is InChI=1S/C29H36N2O3/c32-28(33)18-20-6-8-21(9-7-20)22-10-12-23(13-11-22)24-14-15-27-25(19-24)16-17-31(27)29(34)30-26-4-2-1-3-5-26/h10-15,19-21,26H,1-9,16-18H2,(H,30,34)(H,32,33)/t20-,21-. The smallest absolute Gasteiger partial charge is 0.322 e. The number of carbonyl (C=O) groups is 2. The molecular formula is C29H36N2O3. The molecule has 2 aromatic rings. The van der Waals surface area contributed by atoms with Crippen molar-refractivity contribution in [3.05, 3.63) is 53.6 Å². The van der Waals surface area contributed by atoms with Crippen molar-refractivity contribution < 1.29 is 14.7 Å². The molecule has 2 saturated carbocycles. The highest BCUT2D eigenvalue weighted by atomic mass is 16.4. The van der Waals surface area contributed by atoms with Crippen LogP contribution in [0.4, 0.5) is 10.5 Å². The summed E-state index contributed by atoms with van der Waals surface area (Å²) >= 11 is 0. The van der Waals surface area contributed by atoms with E-state index in [-0.39, 0.29) is 6.03 Å². The molecule has 2 N–H and O–H groups in total. The Morgan fingerprint density at radius 3 is 2.29 bits per heavy atom. The van der Waals surface area contributed by atoms with E-state index < -0.39 is 5.97 Å². The first-order chi connectivity index (χ1) is 16.6. The number of nitrogens with one attached hydrogen (secondary N) is 1. The molecule has 0 spiro atoms. The normalized spacial score (nSPS) is 22.9. The maximum atomic E-state index is 12.9. The minimum absolute atomic E-state index is 0.0563. The minimum atomic E-state index is -0.671. The van der Waals surface area contributed by atoms with E-state index in [2.05, 4.69) is 47.8 Å². The first-order valence-electron chi connectivity index (χ1n) is 13.1. The number of carbonyl (C=O) groups excluding carboxylic acids is 1. The van der Waals surface area contributed by atoms with Crippen molar-refractivity contribution in [2.75, 3.05) is 11.4 Å². The summed E-state index contributed by atoms with van der Waals surface area (Å²) < 4.78 is 0. The van der Waals surface area contributed by atoms with Gasteiger partial charge in [-0.1, -0.05) is 49.6 Å². The monoisotopic (exact) mass is 460 g/mol. The fraction of sp³-hybridized carbons (Fsp3) is 0.517. The summed E-state index contributed by atoms with van der Waals surface area (Å²) in [7, 11) is 0. The zero-order valence-electron chi connectivity index (χ0n) is 20.0. The second-order valence-electron chi connectivity index (χ2n) is 10.5. The lowest BCUT2D eigenvalue weighted by molar-refractivity contribution is -0.138. The van der Waals surface area contributed by atoms with Crippen LogP contribution in [-0.2, 0) is 11.2 Å². The lowest BCUT2D eigenvalue weighted by Crippen LogP contribution is -2.45. The Morgan fingerprint density at radius 1 is 0.882 bits per heavy atom. The summed E-state index contributed by atoms with van der Waals surface area (Å²) in [6, 6.07) is 15.8. The third-order valence-electron chi connectivity index (χ3n) is 8.18. The third kappa shape index (κ3) is 5.13. The Balaban J connectivity index is 1.22. The van der Waals surface area contributed by atoms with Crippen LogP contribution >= 0.6 is 0 Å². The number of hydrogen-bond acceptors (Lipinski definition) is 2. The molecule has 0 saturated heterocycles. The van der Waals surface area contributed by atoms with Gasteiger partial charge >= 0.3 is 12.0 Å². The zero-order valence-corrected chi connectivity index (χ0v) is 20.0. The molecule has 1 heterocycles. The molecule has 34 heavy (non-hydrogen) atoms. The summed E-state index contributed by atoms with van der Waals surface area (Å²) in [6.45, 7) is 0.751. The van der Waals surface area contributed by atoms with Crippen molar-refractivity contribution in [2.45, 2.75) is 82.6 Å². The molecule has 0 radical (unpaired) electrons. The number of amides is 2. The molecule has 0 unspecified atom stereocenters. The van der Waals surface area contributed by atoms with Gasteiger partial charge in [0.15, 0.2) is 0 Å². The predicted molar refractivity (Wildman–Crippen MR) is 135 cm³/mol. The van der Waals surface area contributed by atoms with E-state index in [1.807, 2.05) is 4.90 Å². The Hall–Kier alpha value is -2.82. The fourth-order valence-corrected chi connectivity index (χ4v) is 6.19. The SMILES string of the molecule is O=C(O)C[C@H]1CC[C@H](c2ccc(-c3ccc4c(c3)CCN4C(=O)NC3CCCCC3)cc2)CC1. The maximum absolute atomic E-state index is 12.9. The van der Waals surface area contributed by atoms with Gasteiger partial charge in [-0.25, -0.2) is 4.79 Å². The summed E-state index contributed by atoms with van der Waals surface area (Å²) in [5.74, 6) is 0.203. The molecule has 0 aromatic heterocycles. The number of benzene rings is 2. The second-order valence-corrected chi connectivity index (χ2v) is 10.5. The quantitative estimate of drug-likeness (QED) is 0.534. The molecular weight excluding hydrogens is 424 g/mol. The third-order valence-corrected chi connectivity index (χ3v) is 8.18. The number of anilines is 1. The summed E-state index contributed by atoms with van der Waals surface area (Å²) in [6.07, 6.45) is 11.3. The van der Waals surface area contributed by atoms with Crippen molar-refractivity contribution in [1.29, 1.82) is 0 Å². The second kappa shape index (κ2) is 10.2. The van der Waals surface area contributed by atoms with E-state index in [1.54, 1.807) is 0 Å². The number of fused-ring (bicyclic) bond motifs is 1. The van der Waals surface area contributed by atoms with Crippen LogP contribution < -0.4 is 10.2 Å². The van der Waals surface area contributed by atoms with E-state index in [0.717, 1.165) is 57.2 Å².